The Kier molecular flexibility index (Phi) is 4.31. The lowest BCUT2D eigenvalue weighted by atomic mass is 10.2. The van der Waals surface area contributed by atoms with Gasteiger partial charge in [-0.05, 0) is 19.4 Å². The molecular formula is C11H14ClN3O. The van der Waals surface area contributed by atoms with E-state index in [1.807, 2.05) is 6.92 Å². The van der Waals surface area contributed by atoms with Gasteiger partial charge in [0.2, 0.25) is 0 Å². The first-order valence-electron chi connectivity index (χ1n) is 4.87. The van der Waals surface area contributed by atoms with Crippen LogP contribution in [-0.4, -0.2) is 16.9 Å². The van der Waals surface area contributed by atoms with Crippen molar-refractivity contribution < 1.29 is 4.79 Å². The lowest BCUT2D eigenvalue weighted by Crippen LogP contribution is -2.32. The third-order valence-electron chi connectivity index (χ3n) is 2.04. The number of nitrogens with two attached hydrogens (primary N) is 1. The van der Waals surface area contributed by atoms with Crippen LogP contribution < -0.4 is 11.1 Å². The van der Waals surface area contributed by atoms with Gasteiger partial charge >= 0.3 is 0 Å². The molecule has 1 rings (SSSR count). The van der Waals surface area contributed by atoms with E-state index in [4.69, 9.17) is 17.3 Å². The van der Waals surface area contributed by atoms with E-state index < -0.39 is 0 Å². The number of aromatic nitrogens is 1. The zero-order valence-corrected chi connectivity index (χ0v) is 9.79. The molecule has 0 saturated heterocycles. The quantitative estimate of drug-likeness (QED) is 0.624. The molecule has 1 unspecified atom stereocenters. The fourth-order valence-corrected chi connectivity index (χ4v) is 1.41. The van der Waals surface area contributed by atoms with Crippen molar-refractivity contribution in [3.05, 3.63) is 35.6 Å². The predicted molar refractivity (Wildman–Crippen MR) is 65.4 cm³/mol. The van der Waals surface area contributed by atoms with Crippen molar-refractivity contribution in [1.29, 1.82) is 0 Å². The van der Waals surface area contributed by atoms with Crippen LogP contribution >= 0.6 is 11.6 Å². The summed E-state index contributed by atoms with van der Waals surface area (Å²) in [6.07, 6.45) is 3.81. The van der Waals surface area contributed by atoms with Gasteiger partial charge in [-0.15, -0.1) is 6.58 Å². The third kappa shape index (κ3) is 3.24. The van der Waals surface area contributed by atoms with Crippen LogP contribution in [0.25, 0.3) is 0 Å². The predicted octanol–water partition coefficient (Wildman–Crippen LogP) is 2.01. The normalized spacial score (nSPS) is 11.9. The molecule has 3 N–H and O–H groups in total. The fraction of sp³-hybridized carbons (Fsp3) is 0.273. The number of hydrogen-bond acceptors (Lipinski definition) is 3. The number of nitrogens with one attached hydrogen (secondary N) is 1. The van der Waals surface area contributed by atoms with Crippen LogP contribution in [0.2, 0.25) is 5.15 Å². The second kappa shape index (κ2) is 5.51. The summed E-state index contributed by atoms with van der Waals surface area (Å²) in [6.45, 7) is 5.49. The van der Waals surface area contributed by atoms with Crippen molar-refractivity contribution in [3.8, 4) is 0 Å². The number of nitrogen functional groups attached to an aromatic ring is 1. The number of pyridine rings is 1. The molecule has 16 heavy (non-hydrogen) atoms. The molecular weight excluding hydrogens is 226 g/mol. The maximum atomic E-state index is 11.8. The van der Waals surface area contributed by atoms with E-state index in [-0.39, 0.29) is 17.1 Å². The molecule has 0 radical (unpaired) electrons. The van der Waals surface area contributed by atoms with Gasteiger partial charge in [-0.1, -0.05) is 17.7 Å². The summed E-state index contributed by atoms with van der Waals surface area (Å²) < 4.78 is 0. The van der Waals surface area contributed by atoms with Crippen LogP contribution in [0.15, 0.2) is 24.9 Å². The summed E-state index contributed by atoms with van der Waals surface area (Å²) in [7, 11) is 0. The van der Waals surface area contributed by atoms with Crippen LogP contribution in [0.4, 0.5) is 5.69 Å². The minimum absolute atomic E-state index is 0.0105. The Labute approximate surface area is 99.5 Å². The van der Waals surface area contributed by atoms with Gasteiger partial charge in [0, 0.05) is 6.04 Å². The number of nitrogens with zero attached hydrogens (tertiary/aromatic N) is 1. The summed E-state index contributed by atoms with van der Waals surface area (Å²) >= 11 is 5.70. The molecule has 0 fully saturated rings. The van der Waals surface area contributed by atoms with Crippen molar-refractivity contribution in [1.82, 2.24) is 10.3 Å². The molecule has 0 bridgehead atoms. The Morgan fingerprint density at radius 2 is 2.50 bits per heavy atom. The van der Waals surface area contributed by atoms with Crippen LogP contribution in [-0.2, 0) is 0 Å². The van der Waals surface area contributed by atoms with Crippen molar-refractivity contribution in [3.63, 3.8) is 0 Å². The average Bonchev–Trinajstić information content (AvgIpc) is 2.21. The number of halogens is 1. The molecule has 1 heterocycles. The van der Waals surface area contributed by atoms with Crippen LogP contribution in [0.5, 0.6) is 0 Å². The summed E-state index contributed by atoms with van der Waals surface area (Å²) in [5.74, 6) is -0.254. The van der Waals surface area contributed by atoms with Gasteiger partial charge in [0.05, 0.1) is 17.4 Å². The van der Waals surface area contributed by atoms with Gasteiger partial charge in [0.15, 0.2) is 0 Å². The third-order valence-corrected chi connectivity index (χ3v) is 2.25. The molecule has 0 aromatic carbocycles. The molecule has 5 heteroatoms. The molecule has 0 spiro atoms. The van der Waals surface area contributed by atoms with Gasteiger partial charge in [-0.2, -0.15) is 0 Å². The summed E-state index contributed by atoms with van der Waals surface area (Å²) in [5, 5.41) is 3.03. The Bertz CT molecular complexity index is 406. The van der Waals surface area contributed by atoms with Gasteiger partial charge in [-0.3, -0.25) is 4.79 Å². The summed E-state index contributed by atoms with van der Waals surface area (Å²) in [5.41, 5.74) is 6.29. The van der Waals surface area contributed by atoms with Crippen molar-refractivity contribution in [2.45, 2.75) is 19.4 Å². The zero-order chi connectivity index (χ0) is 12.1. The highest BCUT2D eigenvalue weighted by Gasteiger charge is 2.12. The highest BCUT2D eigenvalue weighted by atomic mass is 35.5. The number of amides is 1. The lowest BCUT2D eigenvalue weighted by molar-refractivity contribution is 0.0941. The Hall–Kier alpha value is -1.55. The smallest absolute Gasteiger partial charge is 0.253 e. The Balaban J connectivity index is 2.80. The fourth-order valence-electron chi connectivity index (χ4n) is 1.25. The molecule has 0 aliphatic carbocycles. The SMILES string of the molecule is C=CCC(C)NC(=O)c1cc(Cl)ncc1N. The van der Waals surface area contributed by atoms with Crippen LogP contribution in [0, 0.1) is 0 Å². The largest absolute Gasteiger partial charge is 0.397 e. The van der Waals surface area contributed by atoms with Crippen LogP contribution in [0.1, 0.15) is 23.7 Å². The second-order valence-electron chi connectivity index (χ2n) is 3.49. The second-order valence-corrected chi connectivity index (χ2v) is 3.88. The standard InChI is InChI=1S/C11H14ClN3O/c1-3-4-7(2)15-11(16)8-5-10(12)14-6-9(8)13/h3,5-7H,1,4,13H2,2H3,(H,15,16). The first-order chi connectivity index (χ1) is 7.54. The highest BCUT2D eigenvalue weighted by Crippen LogP contribution is 2.15. The minimum Gasteiger partial charge on any atom is -0.397 e. The molecule has 0 saturated carbocycles. The molecule has 86 valence electrons. The van der Waals surface area contributed by atoms with Crippen molar-refractivity contribution in [2.75, 3.05) is 5.73 Å². The molecule has 0 aliphatic rings. The number of rotatable bonds is 4. The molecule has 4 nitrogen and oxygen atoms in total. The molecule has 1 aromatic rings. The topological polar surface area (TPSA) is 68.0 Å². The molecule has 1 aromatic heterocycles. The van der Waals surface area contributed by atoms with E-state index in [0.29, 0.717) is 17.7 Å². The first-order valence-corrected chi connectivity index (χ1v) is 5.25. The van der Waals surface area contributed by atoms with E-state index in [1.54, 1.807) is 6.08 Å². The number of anilines is 1. The zero-order valence-electron chi connectivity index (χ0n) is 9.03. The molecule has 1 atom stereocenters. The summed E-state index contributed by atoms with van der Waals surface area (Å²) in [4.78, 5) is 15.6. The van der Waals surface area contributed by atoms with Crippen molar-refractivity contribution in [2.24, 2.45) is 0 Å². The Morgan fingerprint density at radius 3 is 3.12 bits per heavy atom. The molecule has 1 amide bonds. The number of carbonyl (C=O) groups excluding carboxylic acids is 1. The van der Waals surface area contributed by atoms with E-state index in [0.717, 1.165) is 0 Å². The maximum absolute atomic E-state index is 11.8. The molecule has 0 aliphatic heterocycles. The lowest BCUT2D eigenvalue weighted by Gasteiger charge is -2.12. The van der Waals surface area contributed by atoms with Gasteiger partial charge in [0.1, 0.15) is 5.15 Å². The van der Waals surface area contributed by atoms with Gasteiger partial charge < -0.3 is 11.1 Å². The summed E-state index contributed by atoms with van der Waals surface area (Å²) in [6, 6.07) is 1.46. The maximum Gasteiger partial charge on any atom is 0.253 e. The monoisotopic (exact) mass is 239 g/mol. The Morgan fingerprint density at radius 1 is 1.81 bits per heavy atom. The first kappa shape index (κ1) is 12.5. The average molecular weight is 240 g/mol. The van der Waals surface area contributed by atoms with E-state index in [9.17, 15) is 4.79 Å². The van der Waals surface area contributed by atoms with Crippen molar-refractivity contribution >= 4 is 23.2 Å². The number of hydrogen-bond donors (Lipinski definition) is 2. The van der Waals surface area contributed by atoms with E-state index in [1.165, 1.54) is 12.3 Å². The van der Waals surface area contributed by atoms with Gasteiger partial charge in [-0.25, -0.2) is 4.98 Å². The van der Waals surface area contributed by atoms with E-state index >= 15 is 0 Å². The van der Waals surface area contributed by atoms with Crippen LogP contribution in [0.3, 0.4) is 0 Å². The van der Waals surface area contributed by atoms with E-state index in [2.05, 4.69) is 16.9 Å². The minimum atomic E-state index is -0.254. The number of carbonyl (C=O) groups is 1. The van der Waals surface area contributed by atoms with Gasteiger partial charge in [0.25, 0.3) is 5.91 Å². The highest BCUT2D eigenvalue weighted by molar-refractivity contribution is 6.29.